The van der Waals surface area contributed by atoms with E-state index in [4.69, 9.17) is 4.74 Å². The van der Waals surface area contributed by atoms with E-state index in [1.54, 1.807) is 0 Å². The minimum absolute atomic E-state index is 0.0677. The van der Waals surface area contributed by atoms with Crippen LogP contribution in [-0.2, 0) is 9.53 Å². The van der Waals surface area contributed by atoms with Gasteiger partial charge in [-0.2, -0.15) is 11.8 Å². The Hall–Kier alpha value is -1.00. The molecule has 2 atom stereocenters. The van der Waals surface area contributed by atoms with Gasteiger partial charge in [-0.15, -0.1) is 0 Å². The van der Waals surface area contributed by atoms with Crippen molar-refractivity contribution in [1.82, 2.24) is 4.90 Å². The van der Waals surface area contributed by atoms with Crippen LogP contribution in [0.5, 0.6) is 0 Å². The molecule has 2 heterocycles. The highest BCUT2D eigenvalue weighted by Gasteiger charge is 2.33. The average molecular weight is 291 g/mol. The maximum absolute atomic E-state index is 12.8. The first kappa shape index (κ1) is 14.0. The third-order valence-electron chi connectivity index (χ3n) is 4.11. The van der Waals surface area contributed by atoms with Crippen molar-refractivity contribution in [1.29, 1.82) is 0 Å². The monoisotopic (exact) mass is 291 g/mol. The van der Waals surface area contributed by atoms with Crippen LogP contribution in [-0.4, -0.2) is 42.1 Å². The molecule has 0 N–H and O–H groups in total. The highest BCUT2D eigenvalue weighted by molar-refractivity contribution is 7.99. The lowest BCUT2D eigenvalue weighted by Crippen LogP contribution is -2.45. The van der Waals surface area contributed by atoms with Crippen LogP contribution in [0.1, 0.15) is 24.4 Å². The smallest absolute Gasteiger partial charge is 0.228 e. The molecule has 2 saturated heterocycles. The molecular formula is C16H21NO2S. The number of ether oxygens (including phenoxy) is 1. The maximum atomic E-state index is 12.8. The van der Waals surface area contributed by atoms with E-state index in [1.165, 1.54) is 5.56 Å². The second-order valence-electron chi connectivity index (χ2n) is 5.45. The van der Waals surface area contributed by atoms with Gasteiger partial charge in [0.1, 0.15) is 0 Å². The minimum Gasteiger partial charge on any atom is -0.381 e. The Labute approximate surface area is 124 Å². The molecule has 0 aliphatic carbocycles. The van der Waals surface area contributed by atoms with Gasteiger partial charge in [0.25, 0.3) is 0 Å². The van der Waals surface area contributed by atoms with Gasteiger partial charge in [-0.1, -0.05) is 30.3 Å². The summed E-state index contributed by atoms with van der Waals surface area (Å²) < 4.78 is 5.48. The first-order valence-corrected chi connectivity index (χ1v) is 8.52. The second kappa shape index (κ2) is 6.64. The Kier molecular flexibility index (Phi) is 4.63. The molecule has 1 aromatic rings. The van der Waals surface area contributed by atoms with E-state index in [0.29, 0.717) is 12.5 Å². The number of benzene rings is 1. The molecule has 0 saturated carbocycles. The number of thioether (sulfide) groups is 1. The summed E-state index contributed by atoms with van der Waals surface area (Å²) in [7, 11) is 0. The molecule has 0 bridgehead atoms. The van der Waals surface area contributed by atoms with Gasteiger partial charge in [-0.25, -0.2) is 0 Å². The number of hydrogen-bond acceptors (Lipinski definition) is 3. The molecule has 3 nitrogen and oxygen atoms in total. The zero-order valence-corrected chi connectivity index (χ0v) is 12.5. The fraction of sp³-hybridized carbons (Fsp3) is 0.562. The van der Waals surface area contributed by atoms with Crippen molar-refractivity contribution in [3.05, 3.63) is 35.9 Å². The first-order valence-electron chi connectivity index (χ1n) is 7.37. The van der Waals surface area contributed by atoms with E-state index in [-0.39, 0.29) is 12.0 Å². The molecule has 1 aromatic carbocycles. The number of carbonyl (C=O) groups is 1. The van der Waals surface area contributed by atoms with Crippen LogP contribution in [0.2, 0.25) is 0 Å². The van der Waals surface area contributed by atoms with E-state index < -0.39 is 0 Å². The molecular weight excluding hydrogens is 270 g/mol. The van der Waals surface area contributed by atoms with Gasteiger partial charge in [0.2, 0.25) is 5.91 Å². The third-order valence-corrected chi connectivity index (χ3v) is 5.13. The zero-order chi connectivity index (χ0) is 13.8. The Balaban J connectivity index is 1.76. The molecule has 2 aliphatic heterocycles. The standard InChI is InChI=1S/C16H21NO2S/c18-16(14-7-4-9-19-11-14)17-8-10-20-12-15(17)13-5-2-1-3-6-13/h1-3,5-6,14-15H,4,7-12H2. The summed E-state index contributed by atoms with van der Waals surface area (Å²) >= 11 is 1.94. The van der Waals surface area contributed by atoms with Crippen molar-refractivity contribution in [2.24, 2.45) is 5.92 Å². The van der Waals surface area contributed by atoms with Gasteiger partial charge in [0, 0.05) is 24.7 Å². The van der Waals surface area contributed by atoms with Gasteiger partial charge in [-0.3, -0.25) is 4.79 Å². The highest BCUT2D eigenvalue weighted by Crippen LogP contribution is 2.31. The topological polar surface area (TPSA) is 29.5 Å². The van der Waals surface area contributed by atoms with E-state index in [9.17, 15) is 4.79 Å². The van der Waals surface area contributed by atoms with Crippen molar-refractivity contribution in [2.45, 2.75) is 18.9 Å². The molecule has 2 aliphatic rings. The van der Waals surface area contributed by atoms with E-state index in [0.717, 1.165) is 37.5 Å². The third kappa shape index (κ3) is 3.01. The quantitative estimate of drug-likeness (QED) is 0.839. The van der Waals surface area contributed by atoms with Crippen LogP contribution < -0.4 is 0 Å². The molecule has 3 rings (SSSR count). The van der Waals surface area contributed by atoms with Gasteiger partial charge in [0.05, 0.1) is 18.6 Å². The Morgan fingerprint density at radius 3 is 2.90 bits per heavy atom. The summed E-state index contributed by atoms with van der Waals surface area (Å²) in [6, 6.07) is 10.6. The number of amides is 1. The summed E-state index contributed by atoms with van der Waals surface area (Å²) in [5.74, 6) is 2.41. The van der Waals surface area contributed by atoms with Crippen LogP contribution in [0.25, 0.3) is 0 Å². The van der Waals surface area contributed by atoms with Crippen molar-refractivity contribution < 1.29 is 9.53 Å². The zero-order valence-electron chi connectivity index (χ0n) is 11.7. The Morgan fingerprint density at radius 2 is 2.15 bits per heavy atom. The van der Waals surface area contributed by atoms with Crippen molar-refractivity contribution >= 4 is 17.7 Å². The summed E-state index contributed by atoms with van der Waals surface area (Å²) in [4.78, 5) is 14.9. The second-order valence-corrected chi connectivity index (χ2v) is 6.60. The molecule has 2 fully saturated rings. The fourth-order valence-electron chi connectivity index (χ4n) is 2.99. The van der Waals surface area contributed by atoms with Gasteiger partial charge >= 0.3 is 0 Å². The Bertz CT molecular complexity index is 445. The lowest BCUT2D eigenvalue weighted by molar-refractivity contribution is -0.141. The van der Waals surface area contributed by atoms with Gasteiger partial charge in [-0.05, 0) is 18.4 Å². The normalized spacial score (nSPS) is 27.3. The fourth-order valence-corrected chi connectivity index (χ4v) is 4.08. The minimum atomic E-state index is 0.0677. The van der Waals surface area contributed by atoms with Gasteiger partial charge < -0.3 is 9.64 Å². The predicted molar refractivity (Wildman–Crippen MR) is 81.8 cm³/mol. The molecule has 0 aromatic heterocycles. The van der Waals surface area contributed by atoms with E-state index in [2.05, 4.69) is 29.2 Å². The van der Waals surface area contributed by atoms with Crippen molar-refractivity contribution in [3.8, 4) is 0 Å². The van der Waals surface area contributed by atoms with Crippen molar-refractivity contribution in [3.63, 3.8) is 0 Å². The van der Waals surface area contributed by atoms with Crippen LogP contribution in [0.3, 0.4) is 0 Å². The lowest BCUT2D eigenvalue weighted by Gasteiger charge is -2.38. The average Bonchev–Trinajstić information content (AvgIpc) is 2.56. The van der Waals surface area contributed by atoms with Gasteiger partial charge in [0.15, 0.2) is 0 Å². The molecule has 108 valence electrons. The first-order chi connectivity index (χ1) is 9.86. The maximum Gasteiger partial charge on any atom is 0.228 e. The van der Waals surface area contributed by atoms with E-state index in [1.807, 2.05) is 17.8 Å². The lowest BCUT2D eigenvalue weighted by atomic mass is 9.98. The van der Waals surface area contributed by atoms with Crippen LogP contribution >= 0.6 is 11.8 Å². The summed E-state index contributed by atoms with van der Waals surface area (Å²) in [5, 5.41) is 0. The van der Waals surface area contributed by atoms with E-state index >= 15 is 0 Å². The summed E-state index contributed by atoms with van der Waals surface area (Å²) in [5.41, 5.74) is 1.25. The molecule has 20 heavy (non-hydrogen) atoms. The molecule has 0 radical (unpaired) electrons. The molecule has 0 spiro atoms. The van der Waals surface area contributed by atoms with Crippen molar-refractivity contribution in [2.75, 3.05) is 31.3 Å². The largest absolute Gasteiger partial charge is 0.381 e. The molecule has 2 unspecified atom stereocenters. The number of nitrogens with zero attached hydrogens (tertiary/aromatic N) is 1. The molecule has 1 amide bonds. The number of hydrogen-bond donors (Lipinski definition) is 0. The SMILES string of the molecule is O=C(C1CCCOC1)N1CCSCC1c1ccccc1. The highest BCUT2D eigenvalue weighted by atomic mass is 32.2. The summed E-state index contributed by atoms with van der Waals surface area (Å²) in [6.45, 7) is 2.27. The predicted octanol–water partition coefficient (Wildman–Crippen LogP) is 2.73. The molecule has 4 heteroatoms. The van der Waals surface area contributed by atoms with Crippen LogP contribution in [0.4, 0.5) is 0 Å². The van der Waals surface area contributed by atoms with Crippen LogP contribution in [0.15, 0.2) is 30.3 Å². The van der Waals surface area contributed by atoms with Crippen LogP contribution in [0, 0.1) is 5.92 Å². The Morgan fingerprint density at radius 1 is 1.30 bits per heavy atom. The number of rotatable bonds is 2. The number of carbonyl (C=O) groups excluding carboxylic acids is 1. The summed E-state index contributed by atoms with van der Waals surface area (Å²) in [6.07, 6.45) is 1.99.